The molecule has 6 nitrogen and oxygen atoms in total. The first-order valence-corrected chi connectivity index (χ1v) is 11.5. The number of nitrogens with one attached hydrogen (secondary N) is 1. The maximum Gasteiger partial charge on any atom is 0.178 e. The molecule has 1 N–H and O–H groups in total. The van der Waals surface area contributed by atoms with Crippen LogP contribution < -0.4 is 4.74 Å². The van der Waals surface area contributed by atoms with Crippen LogP contribution in [-0.4, -0.2) is 44.3 Å². The summed E-state index contributed by atoms with van der Waals surface area (Å²) < 4.78 is 35.4. The van der Waals surface area contributed by atoms with Crippen molar-refractivity contribution in [1.29, 1.82) is 0 Å². The van der Waals surface area contributed by atoms with Crippen molar-refractivity contribution in [3.8, 4) is 17.0 Å². The Morgan fingerprint density at radius 1 is 1.14 bits per heavy atom. The smallest absolute Gasteiger partial charge is 0.178 e. The molecule has 2 aromatic heterocycles. The van der Waals surface area contributed by atoms with Gasteiger partial charge in [0.25, 0.3) is 0 Å². The van der Waals surface area contributed by atoms with Gasteiger partial charge in [-0.3, -0.25) is 4.90 Å². The molecule has 0 atom stereocenters. The SMILES string of the molecule is CCN(CCc1ccc(-c2cc(S(=O)(=O)CC)ccc2OC)[nH]1)Cc1ccco1. The van der Waals surface area contributed by atoms with Crippen molar-refractivity contribution in [3.05, 3.63) is 60.2 Å². The zero-order chi connectivity index (χ0) is 20.9. The third kappa shape index (κ3) is 5.10. The molecule has 0 saturated heterocycles. The van der Waals surface area contributed by atoms with Gasteiger partial charge in [0.05, 0.1) is 30.6 Å². The van der Waals surface area contributed by atoms with Crippen molar-refractivity contribution >= 4 is 9.84 Å². The number of ether oxygens (including phenoxy) is 1. The molecular weight excluding hydrogens is 388 g/mol. The number of nitrogens with zero attached hydrogens (tertiary/aromatic N) is 1. The van der Waals surface area contributed by atoms with E-state index in [2.05, 4.69) is 16.8 Å². The van der Waals surface area contributed by atoms with Gasteiger partial charge in [-0.1, -0.05) is 13.8 Å². The fraction of sp³-hybridized carbons (Fsp3) is 0.364. The average molecular weight is 417 g/mol. The van der Waals surface area contributed by atoms with Gasteiger partial charge in [0.2, 0.25) is 0 Å². The summed E-state index contributed by atoms with van der Waals surface area (Å²) >= 11 is 0. The van der Waals surface area contributed by atoms with Gasteiger partial charge in [0.15, 0.2) is 9.84 Å². The minimum atomic E-state index is -3.28. The van der Waals surface area contributed by atoms with E-state index in [4.69, 9.17) is 9.15 Å². The molecule has 3 aromatic rings. The predicted octanol–water partition coefficient (Wildman–Crippen LogP) is 4.14. The van der Waals surface area contributed by atoms with E-state index in [9.17, 15) is 8.42 Å². The van der Waals surface area contributed by atoms with Gasteiger partial charge in [-0.25, -0.2) is 8.42 Å². The number of hydrogen-bond acceptors (Lipinski definition) is 5. The maximum atomic E-state index is 12.3. The van der Waals surface area contributed by atoms with Crippen LogP contribution in [0.2, 0.25) is 0 Å². The molecule has 0 aliphatic rings. The van der Waals surface area contributed by atoms with E-state index in [1.54, 1.807) is 38.5 Å². The zero-order valence-electron chi connectivity index (χ0n) is 17.1. The Balaban J connectivity index is 1.76. The molecule has 0 unspecified atom stereocenters. The third-order valence-electron chi connectivity index (χ3n) is 5.05. The lowest BCUT2D eigenvalue weighted by molar-refractivity contribution is 0.258. The molecule has 0 fully saturated rings. The van der Waals surface area contributed by atoms with Crippen molar-refractivity contribution in [3.63, 3.8) is 0 Å². The van der Waals surface area contributed by atoms with Crippen LogP contribution >= 0.6 is 0 Å². The summed E-state index contributed by atoms with van der Waals surface area (Å²) in [6, 6.07) is 12.9. The summed E-state index contributed by atoms with van der Waals surface area (Å²) in [5.41, 5.74) is 2.68. The summed E-state index contributed by atoms with van der Waals surface area (Å²) in [4.78, 5) is 6.04. The van der Waals surface area contributed by atoms with E-state index < -0.39 is 9.84 Å². The monoisotopic (exact) mass is 416 g/mol. The Morgan fingerprint density at radius 2 is 1.97 bits per heavy atom. The summed E-state index contributed by atoms with van der Waals surface area (Å²) in [5, 5.41) is 0. The van der Waals surface area contributed by atoms with E-state index in [0.29, 0.717) is 10.6 Å². The topological polar surface area (TPSA) is 75.5 Å². The summed E-state index contributed by atoms with van der Waals surface area (Å²) in [7, 11) is -1.69. The standard InChI is InChI=1S/C22H28N2O4S/c1-4-24(16-18-7-6-14-28-18)13-12-17-8-10-21(23-17)20-15-19(29(25,26)5-2)9-11-22(20)27-3/h6-11,14-15,23H,4-5,12-13,16H2,1-3H3. The van der Waals surface area contributed by atoms with Gasteiger partial charge >= 0.3 is 0 Å². The van der Waals surface area contributed by atoms with Crippen molar-refractivity contribution in [1.82, 2.24) is 9.88 Å². The van der Waals surface area contributed by atoms with Gasteiger partial charge < -0.3 is 14.1 Å². The number of sulfone groups is 1. The first-order valence-electron chi connectivity index (χ1n) is 9.80. The van der Waals surface area contributed by atoms with Crippen LogP contribution in [0.4, 0.5) is 0 Å². The second-order valence-electron chi connectivity index (χ2n) is 6.86. The Hall–Kier alpha value is -2.51. The van der Waals surface area contributed by atoms with Crippen molar-refractivity contribution in [2.24, 2.45) is 0 Å². The third-order valence-corrected chi connectivity index (χ3v) is 6.78. The largest absolute Gasteiger partial charge is 0.496 e. The summed E-state index contributed by atoms with van der Waals surface area (Å²) in [6.45, 7) is 6.38. The molecule has 0 saturated carbocycles. The maximum absolute atomic E-state index is 12.3. The van der Waals surface area contributed by atoms with Crippen LogP contribution in [-0.2, 0) is 22.8 Å². The quantitative estimate of drug-likeness (QED) is 0.538. The second kappa shape index (κ2) is 9.33. The van der Waals surface area contributed by atoms with E-state index >= 15 is 0 Å². The summed E-state index contributed by atoms with van der Waals surface area (Å²) in [6.07, 6.45) is 2.55. The highest BCUT2D eigenvalue weighted by atomic mass is 32.2. The van der Waals surface area contributed by atoms with Gasteiger partial charge in [-0.2, -0.15) is 0 Å². The molecule has 0 amide bonds. The molecule has 3 rings (SSSR count). The normalized spacial score (nSPS) is 11.9. The molecule has 0 bridgehead atoms. The van der Waals surface area contributed by atoms with Crippen molar-refractivity contribution in [2.45, 2.75) is 31.7 Å². The number of methoxy groups -OCH3 is 1. The first-order chi connectivity index (χ1) is 14.0. The molecular formula is C22H28N2O4S. The van der Waals surface area contributed by atoms with Crippen LogP contribution in [0.5, 0.6) is 5.75 Å². The van der Waals surface area contributed by atoms with E-state index in [0.717, 1.165) is 48.8 Å². The Morgan fingerprint density at radius 3 is 2.62 bits per heavy atom. The van der Waals surface area contributed by atoms with Crippen LogP contribution in [0, 0.1) is 0 Å². The number of rotatable bonds is 10. The minimum Gasteiger partial charge on any atom is -0.496 e. The number of hydrogen-bond donors (Lipinski definition) is 1. The lowest BCUT2D eigenvalue weighted by Gasteiger charge is -2.18. The molecule has 29 heavy (non-hydrogen) atoms. The van der Waals surface area contributed by atoms with E-state index in [-0.39, 0.29) is 5.75 Å². The van der Waals surface area contributed by atoms with E-state index in [1.807, 2.05) is 24.3 Å². The fourth-order valence-corrected chi connectivity index (χ4v) is 4.16. The number of aromatic amines is 1. The lowest BCUT2D eigenvalue weighted by atomic mass is 10.1. The zero-order valence-corrected chi connectivity index (χ0v) is 18.0. The highest BCUT2D eigenvalue weighted by Gasteiger charge is 2.16. The van der Waals surface area contributed by atoms with Crippen LogP contribution in [0.25, 0.3) is 11.3 Å². The van der Waals surface area contributed by atoms with Gasteiger partial charge in [-0.15, -0.1) is 0 Å². The fourth-order valence-electron chi connectivity index (χ4n) is 3.25. The molecule has 0 aliphatic heterocycles. The molecule has 156 valence electrons. The Kier molecular flexibility index (Phi) is 6.82. The highest BCUT2D eigenvalue weighted by Crippen LogP contribution is 2.32. The molecule has 0 radical (unpaired) electrons. The van der Waals surface area contributed by atoms with Crippen molar-refractivity contribution in [2.75, 3.05) is 26.0 Å². The first kappa shape index (κ1) is 21.2. The molecule has 0 aliphatic carbocycles. The Labute approximate surface area is 172 Å². The lowest BCUT2D eigenvalue weighted by Crippen LogP contribution is -2.25. The molecule has 7 heteroatoms. The molecule has 2 heterocycles. The second-order valence-corrected chi connectivity index (χ2v) is 9.14. The summed E-state index contributed by atoms with van der Waals surface area (Å²) in [5.74, 6) is 1.66. The van der Waals surface area contributed by atoms with Crippen LogP contribution in [0.1, 0.15) is 25.3 Å². The van der Waals surface area contributed by atoms with Gasteiger partial charge in [0, 0.05) is 29.9 Å². The van der Waals surface area contributed by atoms with Gasteiger partial charge in [0.1, 0.15) is 11.5 Å². The Bertz CT molecular complexity index is 1020. The molecule has 1 aromatic carbocycles. The molecule has 0 spiro atoms. The number of likely N-dealkylation sites (N-methyl/N-ethyl adjacent to an activating group) is 1. The van der Waals surface area contributed by atoms with Crippen molar-refractivity contribution < 1.29 is 17.6 Å². The van der Waals surface area contributed by atoms with Gasteiger partial charge in [-0.05, 0) is 49.0 Å². The average Bonchev–Trinajstić information content (AvgIpc) is 3.42. The highest BCUT2D eigenvalue weighted by molar-refractivity contribution is 7.91. The predicted molar refractivity (Wildman–Crippen MR) is 114 cm³/mol. The number of benzene rings is 1. The number of H-pyrrole nitrogens is 1. The van der Waals surface area contributed by atoms with Crippen LogP contribution in [0.15, 0.2) is 58.0 Å². The number of furan rings is 1. The minimum absolute atomic E-state index is 0.0667. The van der Waals surface area contributed by atoms with Crippen LogP contribution in [0.3, 0.4) is 0 Å². The number of aromatic nitrogens is 1. The van der Waals surface area contributed by atoms with E-state index in [1.165, 1.54) is 0 Å².